The summed E-state index contributed by atoms with van der Waals surface area (Å²) in [6, 6.07) is 22.5. The van der Waals surface area contributed by atoms with Crippen molar-refractivity contribution in [3.63, 3.8) is 0 Å². The number of nitro groups is 1. The molecule has 0 aliphatic carbocycles. The van der Waals surface area contributed by atoms with Crippen LogP contribution in [0.3, 0.4) is 0 Å². The number of hydrogen-bond acceptors (Lipinski definition) is 3. The summed E-state index contributed by atoms with van der Waals surface area (Å²) in [4.78, 5) is 14.4. The summed E-state index contributed by atoms with van der Waals surface area (Å²) in [5.41, 5.74) is 5.21. The molecule has 0 spiro atoms. The van der Waals surface area contributed by atoms with E-state index < -0.39 is 0 Å². The Labute approximate surface area is 181 Å². The largest absolute Gasteiger partial charge is 0.360 e. The summed E-state index contributed by atoms with van der Waals surface area (Å²) in [5, 5.41) is 13.5. The molecule has 0 bridgehead atoms. The fraction of sp³-hybridized carbons (Fsp3) is 0.280. The molecule has 0 saturated carbocycles. The highest BCUT2D eigenvalue weighted by atomic mass is 16.6. The first-order valence-electron chi connectivity index (χ1n) is 11.0. The number of non-ortho nitro benzene ring substituents is 1. The molecule has 1 aliphatic rings. The van der Waals surface area contributed by atoms with Crippen LogP contribution in [0.15, 0.2) is 66.7 Å². The van der Waals surface area contributed by atoms with Crippen molar-refractivity contribution in [3.8, 4) is 0 Å². The van der Waals surface area contributed by atoms with Gasteiger partial charge in [0.05, 0.1) is 31.1 Å². The van der Waals surface area contributed by atoms with Gasteiger partial charge in [0.2, 0.25) is 0 Å². The summed E-state index contributed by atoms with van der Waals surface area (Å²) < 4.78 is 2.39. The van der Waals surface area contributed by atoms with Gasteiger partial charge in [0.15, 0.2) is 0 Å². The average molecular weight is 416 g/mol. The molecule has 0 radical (unpaired) electrons. The second kappa shape index (κ2) is 8.04. The van der Waals surface area contributed by atoms with E-state index in [-0.39, 0.29) is 10.6 Å². The molecular weight excluding hydrogens is 388 g/mol. The highest BCUT2D eigenvalue weighted by Gasteiger charge is 2.21. The molecule has 3 aromatic carbocycles. The molecule has 31 heavy (non-hydrogen) atoms. The van der Waals surface area contributed by atoms with Crippen molar-refractivity contribution in [1.29, 1.82) is 0 Å². The Hall–Kier alpha value is -3.38. The van der Waals surface area contributed by atoms with Crippen LogP contribution < -0.4 is 9.80 Å². The number of anilines is 1. The van der Waals surface area contributed by atoms with E-state index in [4.69, 9.17) is 0 Å². The fourth-order valence-corrected chi connectivity index (χ4v) is 4.88. The molecule has 6 heteroatoms. The van der Waals surface area contributed by atoms with E-state index in [9.17, 15) is 10.1 Å². The summed E-state index contributed by atoms with van der Waals surface area (Å²) in [6.45, 7) is 8.25. The summed E-state index contributed by atoms with van der Waals surface area (Å²) >= 11 is 0. The fourth-order valence-electron chi connectivity index (χ4n) is 4.88. The number of fused-ring (bicyclic) bond motifs is 3. The van der Waals surface area contributed by atoms with Crippen molar-refractivity contribution in [2.24, 2.45) is 0 Å². The van der Waals surface area contributed by atoms with E-state index in [1.54, 1.807) is 17.0 Å². The van der Waals surface area contributed by atoms with Gasteiger partial charge in [-0.3, -0.25) is 10.1 Å². The van der Waals surface area contributed by atoms with Gasteiger partial charge in [-0.15, -0.1) is 0 Å². The van der Waals surface area contributed by atoms with E-state index in [0.29, 0.717) is 0 Å². The van der Waals surface area contributed by atoms with E-state index in [1.807, 2.05) is 12.1 Å². The Morgan fingerprint density at radius 1 is 0.935 bits per heavy atom. The van der Waals surface area contributed by atoms with Crippen molar-refractivity contribution >= 4 is 33.2 Å². The minimum atomic E-state index is -0.347. The second-order valence-corrected chi connectivity index (χ2v) is 8.30. The standard InChI is InChI=1S/C25H26N4O2/c1-2-28-24-6-4-3-5-22(24)23-17-19(7-12-25(23)28)18-26-13-15-27(16-14-26)20-8-10-21(11-9-20)29(30)31/h3-12,17H,2,13-16,18H2,1H3/p+1. The van der Waals surface area contributed by atoms with Crippen LogP contribution >= 0.6 is 0 Å². The SMILES string of the molecule is CCn1c2ccccc2c2cc(C[NH+]3CCN(c4ccc([N+](=O)[O-])cc4)CC3)ccc21. The molecule has 1 fully saturated rings. The van der Waals surface area contributed by atoms with E-state index >= 15 is 0 Å². The van der Waals surface area contributed by atoms with Gasteiger partial charge in [-0.25, -0.2) is 0 Å². The van der Waals surface area contributed by atoms with Gasteiger partial charge >= 0.3 is 0 Å². The highest BCUT2D eigenvalue weighted by molar-refractivity contribution is 6.08. The van der Waals surface area contributed by atoms with E-state index in [2.05, 4.69) is 58.9 Å². The zero-order valence-corrected chi connectivity index (χ0v) is 17.8. The van der Waals surface area contributed by atoms with Crippen LogP contribution in [0.2, 0.25) is 0 Å². The third-order valence-electron chi connectivity index (χ3n) is 6.50. The monoisotopic (exact) mass is 415 g/mol. The van der Waals surface area contributed by atoms with Crippen molar-refractivity contribution in [2.75, 3.05) is 31.1 Å². The third kappa shape index (κ3) is 3.64. The number of piperazine rings is 1. The molecule has 1 saturated heterocycles. The molecular formula is C25H27N4O2+. The van der Waals surface area contributed by atoms with Crippen molar-refractivity contribution in [1.82, 2.24) is 4.57 Å². The number of hydrogen-bond donors (Lipinski definition) is 1. The maximum Gasteiger partial charge on any atom is 0.269 e. The minimum absolute atomic E-state index is 0.146. The second-order valence-electron chi connectivity index (χ2n) is 8.30. The van der Waals surface area contributed by atoms with Gasteiger partial charge in [0.1, 0.15) is 6.54 Å². The lowest BCUT2D eigenvalue weighted by molar-refractivity contribution is -0.914. The molecule has 6 nitrogen and oxygen atoms in total. The van der Waals surface area contributed by atoms with Gasteiger partial charge in [-0.1, -0.05) is 24.3 Å². The van der Waals surface area contributed by atoms with Gasteiger partial charge < -0.3 is 14.4 Å². The van der Waals surface area contributed by atoms with Crippen LogP contribution in [-0.2, 0) is 13.1 Å². The molecule has 0 atom stereocenters. The van der Waals surface area contributed by atoms with Gasteiger partial charge in [0, 0.05) is 51.7 Å². The Bertz CT molecular complexity index is 1240. The molecule has 1 aliphatic heterocycles. The number of nitrogens with one attached hydrogen (secondary N) is 1. The topological polar surface area (TPSA) is 55.8 Å². The first kappa shape index (κ1) is 19.6. The summed E-state index contributed by atoms with van der Waals surface area (Å²) in [5.74, 6) is 0. The van der Waals surface area contributed by atoms with Gasteiger partial charge in [-0.2, -0.15) is 0 Å². The van der Waals surface area contributed by atoms with Crippen molar-refractivity contribution < 1.29 is 9.82 Å². The van der Waals surface area contributed by atoms with E-state index in [0.717, 1.165) is 45.0 Å². The number of aromatic nitrogens is 1. The number of nitrogens with zero attached hydrogens (tertiary/aromatic N) is 3. The molecule has 2 heterocycles. The quantitative estimate of drug-likeness (QED) is 0.400. The summed E-state index contributed by atoms with van der Waals surface area (Å²) in [7, 11) is 0. The number of nitro benzene ring substituents is 1. The Kier molecular flexibility index (Phi) is 5.08. The lowest BCUT2D eigenvalue weighted by Gasteiger charge is -2.33. The first-order chi connectivity index (χ1) is 15.1. The lowest BCUT2D eigenvalue weighted by Crippen LogP contribution is -3.13. The van der Waals surface area contributed by atoms with Crippen LogP contribution in [0, 0.1) is 10.1 Å². The minimum Gasteiger partial charge on any atom is -0.360 e. The molecule has 158 valence electrons. The van der Waals surface area contributed by atoms with Gasteiger partial charge in [-0.05, 0) is 37.3 Å². The maximum atomic E-state index is 10.9. The van der Waals surface area contributed by atoms with Gasteiger partial charge in [0.25, 0.3) is 5.69 Å². The normalized spacial score (nSPS) is 15.1. The number of benzene rings is 3. The number of aryl methyl sites for hydroxylation is 1. The number of para-hydroxylation sites is 1. The molecule has 1 aromatic heterocycles. The average Bonchev–Trinajstić information content (AvgIpc) is 3.13. The molecule has 1 N–H and O–H groups in total. The zero-order valence-electron chi connectivity index (χ0n) is 17.8. The predicted octanol–water partition coefficient (Wildman–Crippen LogP) is 3.63. The Morgan fingerprint density at radius 3 is 2.35 bits per heavy atom. The van der Waals surface area contributed by atoms with E-state index in [1.165, 1.54) is 27.4 Å². The maximum absolute atomic E-state index is 10.9. The van der Waals surface area contributed by atoms with Crippen molar-refractivity contribution in [2.45, 2.75) is 20.0 Å². The van der Waals surface area contributed by atoms with Crippen LogP contribution in [0.5, 0.6) is 0 Å². The van der Waals surface area contributed by atoms with Crippen LogP contribution in [-0.4, -0.2) is 35.7 Å². The highest BCUT2D eigenvalue weighted by Crippen LogP contribution is 2.29. The molecule has 0 amide bonds. The predicted molar refractivity (Wildman–Crippen MR) is 125 cm³/mol. The number of rotatable bonds is 5. The smallest absolute Gasteiger partial charge is 0.269 e. The Balaban J connectivity index is 1.30. The molecule has 4 aromatic rings. The van der Waals surface area contributed by atoms with Crippen LogP contribution in [0.4, 0.5) is 11.4 Å². The van der Waals surface area contributed by atoms with Crippen LogP contribution in [0.25, 0.3) is 21.8 Å². The molecule has 0 unspecified atom stereocenters. The van der Waals surface area contributed by atoms with Crippen molar-refractivity contribution in [3.05, 3.63) is 82.4 Å². The molecule has 5 rings (SSSR count). The Morgan fingerprint density at radius 2 is 1.65 bits per heavy atom. The first-order valence-corrected chi connectivity index (χ1v) is 11.0. The third-order valence-corrected chi connectivity index (χ3v) is 6.50. The zero-order chi connectivity index (χ0) is 21.4. The lowest BCUT2D eigenvalue weighted by atomic mass is 10.1. The summed E-state index contributed by atoms with van der Waals surface area (Å²) in [6.07, 6.45) is 0. The van der Waals surface area contributed by atoms with Crippen LogP contribution in [0.1, 0.15) is 12.5 Å². The number of quaternary nitrogens is 1.